The van der Waals surface area contributed by atoms with Gasteiger partial charge in [-0.3, -0.25) is 10.1 Å². The summed E-state index contributed by atoms with van der Waals surface area (Å²) < 4.78 is 0. The van der Waals surface area contributed by atoms with Crippen molar-refractivity contribution in [1.82, 2.24) is 4.98 Å². The van der Waals surface area contributed by atoms with Gasteiger partial charge < -0.3 is 0 Å². The van der Waals surface area contributed by atoms with Crippen LogP contribution in [0.4, 0.5) is 5.13 Å². The smallest absolute Gasteiger partial charge is 0.268 e. The van der Waals surface area contributed by atoms with E-state index in [0.29, 0.717) is 5.13 Å². The van der Waals surface area contributed by atoms with Crippen molar-refractivity contribution in [2.24, 2.45) is 0 Å². The minimum atomic E-state index is -0.459. The fourth-order valence-electron chi connectivity index (χ4n) is 2.41. The van der Waals surface area contributed by atoms with E-state index >= 15 is 0 Å². The van der Waals surface area contributed by atoms with E-state index in [1.54, 1.807) is 6.08 Å². The van der Waals surface area contributed by atoms with Gasteiger partial charge in [0.15, 0.2) is 5.13 Å². The van der Waals surface area contributed by atoms with E-state index < -0.39 is 5.91 Å². The fraction of sp³-hybridized carbons (Fsp3) is 0.0952. The van der Waals surface area contributed by atoms with Gasteiger partial charge in [0.05, 0.1) is 5.69 Å². The number of nitriles is 1. The Morgan fingerprint density at radius 1 is 1.15 bits per heavy atom. The van der Waals surface area contributed by atoms with Crippen LogP contribution in [0, 0.1) is 25.2 Å². The highest BCUT2D eigenvalue weighted by atomic mass is 32.1. The third-order valence-corrected chi connectivity index (χ3v) is 4.76. The summed E-state index contributed by atoms with van der Waals surface area (Å²) in [5, 5.41) is 14.4. The number of thiazole rings is 1. The Labute approximate surface area is 156 Å². The van der Waals surface area contributed by atoms with Crippen molar-refractivity contribution in [2.45, 2.75) is 13.8 Å². The number of carbonyl (C=O) groups excluding carboxylic acids is 1. The van der Waals surface area contributed by atoms with Crippen LogP contribution in [0.2, 0.25) is 0 Å². The molecule has 128 valence electrons. The summed E-state index contributed by atoms with van der Waals surface area (Å²) in [5.41, 5.74) is 4.93. The monoisotopic (exact) mass is 359 g/mol. The number of carbonyl (C=O) groups is 1. The highest BCUT2D eigenvalue weighted by Gasteiger charge is 2.12. The molecule has 0 saturated carbocycles. The molecule has 1 aromatic heterocycles. The van der Waals surface area contributed by atoms with Gasteiger partial charge in [-0.15, -0.1) is 11.3 Å². The summed E-state index contributed by atoms with van der Waals surface area (Å²) in [6.45, 7) is 4.02. The highest BCUT2D eigenvalue weighted by Crippen LogP contribution is 2.25. The summed E-state index contributed by atoms with van der Waals surface area (Å²) in [5.74, 6) is -0.459. The van der Waals surface area contributed by atoms with Gasteiger partial charge in [0.2, 0.25) is 0 Å². The van der Waals surface area contributed by atoms with E-state index in [-0.39, 0.29) is 5.57 Å². The molecule has 0 aliphatic carbocycles. The molecule has 0 atom stereocenters. The molecule has 1 amide bonds. The van der Waals surface area contributed by atoms with E-state index in [1.165, 1.54) is 16.9 Å². The molecule has 4 nitrogen and oxygen atoms in total. The Kier molecular flexibility index (Phi) is 5.26. The van der Waals surface area contributed by atoms with E-state index in [2.05, 4.69) is 10.3 Å². The van der Waals surface area contributed by atoms with Gasteiger partial charge in [-0.25, -0.2) is 4.98 Å². The Balaban J connectivity index is 1.78. The van der Waals surface area contributed by atoms with Gasteiger partial charge in [-0.2, -0.15) is 5.26 Å². The summed E-state index contributed by atoms with van der Waals surface area (Å²) in [6, 6.07) is 17.5. The van der Waals surface area contributed by atoms with Crippen LogP contribution in [0.3, 0.4) is 0 Å². The van der Waals surface area contributed by atoms with Crippen molar-refractivity contribution >= 4 is 28.5 Å². The standard InChI is InChI=1S/C21H17N3OS/c1-14-8-9-16(10-15(14)2)11-18(12-22)20(25)24-21-23-19(13-26-21)17-6-4-3-5-7-17/h3-11,13H,1-2H3,(H,23,24,25)/b18-11+. The molecule has 0 unspecified atom stereocenters. The average molecular weight is 359 g/mol. The van der Waals surface area contributed by atoms with Gasteiger partial charge in [0, 0.05) is 10.9 Å². The van der Waals surface area contributed by atoms with Crippen LogP contribution in [0.1, 0.15) is 16.7 Å². The van der Waals surface area contributed by atoms with Crippen LogP contribution in [-0.2, 0) is 4.79 Å². The number of aryl methyl sites for hydroxylation is 2. The fourth-order valence-corrected chi connectivity index (χ4v) is 3.12. The number of benzene rings is 2. The lowest BCUT2D eigenvalue weighted by molar-refractivity contribution is -0.112. The molecule has 5 heteroatoms. The number of anilines is 1. The quantitative estimate of drug-likeness (QED) is 0.528. The molecule has 0 spiro atoms. The molecule has 3 rings (SSSR count). The van der Waals surface area contributed by atoms with Crippen LogP contribution >= 0.6 is 11.3 Å². The van der Waals surface area contributed by atoms with E-state index in [0.717, 1.165) is 22.4 Å². The third kappa shape index (κ3) is 4.05. The van der Waals surface area contributed by atoms with Crippen molar-refractivity contribution in [3.8, 4) is 17.3 Å². The Morgan fingerprint density at radius 3 is 2.62 bits per heavy atom. The number of aromatic nitrogens is 1. The normalized spacial score (nSPS) is 11.0. The SMILES string of the molecule is Cc1ccc(/C=C(\C#N)C(=O)Nc2nc(-c3ccccc3)cs2)cc1C. The summed E-state index contributed by atoms with van der Waals surface area (Å²) in [6.07, 6.45) is 1.59. The van der Waals surface area contributed by atoms with Crippen molar-refractivity contribution in [1.29, 1.82) is 5.26 Å². The van der Waals surface area contributed by atoms with Crippen molar-refractivity contribution in [2.75, 3.05) is 5.32 Å². The van der Waals surface area contributed by atoms with E-state index in [9.17, 15) is 10.1 Å². The molecule has 0 radical (unpaired) electrons. The summed E-state index contributed by atoms with van der Waals surface area (Å²) in [4.78, 5) is 16.8. The first kappa shape index (κ1) is 17.6. The molecule has 1 heterocycles. The first-order valence-corrected chi connectivity index (χ1v) is 8.96. The van der Waals surface area contributed by atoms with Crippen LogP contribution in [-0.4, -0.2) is 10.9 Å². The van der Waals surface area contributed by atoms with Crippen LogP contribution < -0.4 is 5.32 Å². The molecule has 0 fully saturated rings. The van der Waals surface area contributed by atoms with Crippen molar-refractivity contribution in [3.05, 3.63) is 76.2 Å². The van der Waals surface area contributed by atoms with Gasteiger partial charge >= 0.3 is 0 Å². The molecule has 26 heavy (non-hydrogen) atoms. The number of amides is 1. The van der Waals surface area contributed by atoms with Crippen molar-refractivity contribution in [3.63, 3.8) is 0 Å². The van der Waals surface area contributed by atoms with Gasteiger partial charge in [0.25, 0.3) is 5.91 Å². The Bertz CT molecular complexity index is 1010. The largest absolute Gasteiger partial charge is 0.297 e. The van der Waals surface area contributed by atoms with E-state index in [4.69, 9.17) is 0 Å². The second-order valence-corrected chi connectivity index (χ2v) is 6.73. The number of hydrogen-bond acceptors (Lipinski definition) is 4. The topological polar surface area (TPSA) is 65.8 Å². The van der Waals surface area contributed by atoms with Gasteiger partial charge in [0.1, 0.15) is 11.6 Å². The molecule has 3 aromatic rings. The number of hydrogen-bond donors (Lipinski definition) is 1. The molecular weight excluding hydrogens is 342 g/mol. The van der Waals surface area contributed by atoms with E-state index in [1.807, 2.05) is 73.8 Å². The molecule has 0 bridgehead atoms. The lowest BCUT2D eigenvalue weighted by atomic mass is 10.0. The first-order chi connectivity index (χ1) is 12.6. The number of rotatable bonds is 4. The lowest BCUT2D eigenvalue weighted by Crippen LogP contribution is -2.13. The second-order valence-electron chi connectivity index (χ2n) is 5.87. The minimum Gasteiger partial charge on any atom is -0.297 e. The highest BCUT2D eigenvalue weighted by molar-refractivity contribution is 7.14. The number of nitrogens with one attached hydrogen (secondary N) is 1. The molecular formula is C21H17N3OS. The van der Waals surface area contributed by atoms with Gasteiger partial charge in [-0.05, 0) is 36.6 Å². The number of nitrogens with zero attached hydrogens (tertiary/aromatic N) is 2. The molecule has 0 aliphatic rings. The van der Waals surface area contributed by atoms with Crippen LogP contribution in [0.25, 0.3) is 17.3 Å². The van der Waals surface area contributed by atoms with Crippen LogP contribution in [0.15, 0.2) is 59.5 Å². The van der Waals surface area contributed by atoms with Crippen molar-refractivity contribution < 1.29 is 4.79 Å². The molecule has 0 saturated heterocycles. The second kappa shape index (κ2) is 7.77. The third-order valence-electron chi connectivity index (χ3n) is 4.00. The predicted molar refractivity (Wildman–Crippen MR) is 106 cm³/mol. The zero-order chi connectivity index (χ0) is 18.5. The first-order valence-electron chi connectivity index (χ1n) is 8.08. The maximum absolute atomic E-state index is 12.4. The Hall–Kier alpha value is -3.23. The minimum absolute atomic E-state index is 0.0460. The maximum Gasteiger partial charge on any atom is 0.268 e. The maximum atomic E-state index is 12.4. The summed E-state index contributed by atoms with van der Waals surface area (Å²) >= 11 is 1.33. The zero-order valence-electron chi connectivity index (χ0n) is 14.5. The average Bonchev–Trinajstić information content (AvgIpc) is 3.11. The molecule has 0 aliphatic heterocycles. The summed E-state index contributed by atoms with van der Waals surface area (Å²) in [7, 11) is 0. The van der Waals surface area contributed by atoms with Gasteiger partial charge in [-0.1, -0.05) is 48.5 Å². The predicted octanol–water partition coefficient (Wildman–Crippen LogP) is 4.97. The molecule has 1 N–H and O–H groups in total. The Morgan fingerprint density at radius 2 is 1.92 bits per heavy atom. The van der Waals surface area contributed by atoms with Crippen LogP contribution in [0.5, 0.6) is 0 Å². The molecule has 2 aromatic carbocycles. The lowest BCUT2D eigenvalue weighted by Gasteiger charge is -2.03. The zero-order valence-corrected chi connectivity index (χ0v) is 15.3.